The van der Waals surface area contributed by atoms with Crippen LogP contribution in [-0.2, 0) is 0 Å². The lowest BCUT2D eigenvalue weighted by Crippen LogP contribution is -2.44. The molecule has 0 aromatic heterocycles. The van der Waals surface area contributed by atoms with Crippen molar-refractivity contribution in [2.24, 2.45) is 0 Å². The van der Waals surface area contributed by atoms with E-state index in [0.717, 1.165) is 24.2 Å². The summed E-state index contributed by atoms with van der Waals surface area (Å²) < 4.78 is 6.02. The molecule has 2 aromatic rings. The lowest BCUT2D eigenvalue weighted by Gasteiger charge is -2.33. The molecule has 3 nitrogen and oxygen atoms in total. The van der Waals surface area contributed by atoms with Crippen LogP contribution in [0.5, 0.6) is 5.75 Å². The first-order valence-corrected chi connectivity index (χ1v) is 7.84. The minimum atomic E-state index is 0.101. The second kappa shape index (κ2) is 6.92. The number of ether oxygens (including phenoxy) is 1. The average molecular weight is 285 g/mol. The molecule has 2 aromatic carbocycles. The average Bonchev–Trinajstić information content (AvgIpc) is 2.56. The fourth-order valence-electron chi connectivity index (χ4n) is 3.06. The standard InChI is InChI=1S/C18H23NO2/c20-13-16(19-11-4-1-5-12-19)14-21-18-10-6-8-15-7-2-3-9-17(15)18/h2-3,6-10,16,20H,1,4-5,11-14H2. The number of nitrogens with zero attached hydrogens (tertiary/aromatic N) is 1. The van der Waals surface area contributed by atoms with Crippen LogP contribution in [0.1, 0.15) is 19.3 Å². The minimum absolute atomic E-state index is 0.101. The number of fused-ring (bicyclic) bond motifs is 1. The molecule has 1 fully saturated rings. The van der Waals surface area contributed by atoms with Crippen molar-refractivity contribution in [3.63, 3.8) is 0 Å². The fourth-order valence-corrected chi connectivity index (χ4v) is 3.06. The molecule has 1 aliphatic rings. The summed E-state index contributed by atoms with van der Waals surface area (Å²) in [6.07, 6.45) is 3.76. The Morgan fingerprint density at radius 2 is 1.76 bits per heavy atom. The van der Waals surface area contributed by atoms with Crippen molar-refractivity contribution in [1.82, 2.24) is 4.90 Å². The Hall–Kier alpha value is -1.58. The van der Waals surface area contributed by atoms with Gasteiger partial charge in [-0.1, -0.05) is 42.8 Å². The molecule has 1 saturated heterocycles. The van der Waals surface area contributed by atoms with Crippen LogP contribution < -0.4 is 4.74 Å². The van der Waals surface area contributed by atoms with Crippen molar-refractivity contribution < 1.29 is 9.84 Å². The van der Waals surface area contributed by atoms with Gasteiger partial charge in [-0.3, -0.25) is 4.90 Å². The molecule has 21 heavy (non-hydrogen) atoms. The van der Waals surface area contributed by atoms with Gasteiger partial charge in [0.05, 0.1) is 12.6 Å². The van der Waals surface area contributed by atoms with Crippen molar-refractivity contribution in [3.05, 3.63) is 42.5 Å². The summed E-state index contributed by atoms with van der Waals surface area (Å²) in [4.78, 5) is 2.36. The highest BCUT2D eigenvalue weighted by Gasteiger charge is 2.20. The topological polar surface area (TPSA) is 32.7 Å². The van der Waals surface area contributed by atoms with Crippen LogP contribution in [0.3, 0.4) is 0 Å². The maximum Gasteiger partial charge on any atom is 0.127 e. The third-order valence-electron chi connectivity index (χ3n) is 4.30. The first-order valence-electron chi connectivity index (χ1n) is 7.84. The Kier molecular flexibility index (Phi) is 4.73. The molecule has 1 aliphatic heterocycles. The van der Waals surface area contributed by atoms with Crippen LogP contribution in [0, 0.1) is 0 Å². The Morgan fingerprint density at radius 3 is 2.57 bits per heavy atom. The number of aliphatic hydroxyl groups excluding tert-OH is 1. The highest BCUT2D eigenvalue weighted by Crippen LogP contribution is 2.25. The van der Waals surface area contributed by atoms with Gasteiger partial charge >= 0.3 is 0 Å². The summed E-state index contributed by atoms with van der Waals surface area (Å²) in [5, 5.41) is 12.0. The second-order valence-corrected chi connectivity index (χ2v) is 5.72. The molecule has 0 aliphatic carbocycles. The highest BCUT2D eigenvalue weighted by atomic mass is 16.5. The molecule has 1 atom stereocenters. The summed E-state index contributed by atoms with van der Waals surface area (Å²) in [6.45, 7) is 2.85. The van der Waals surface area contributed by atoms with Crippen LogP contribution >= 0.6 is 0 Å². The molecule has 1 heterocycles. The maximum absolute atomic E-state index is 9.65. The van der Waals surface area contributed by atoms with Crippen LogP contribution in [0.15, 0.2) is 42.5 Å². The number of rotatable bonds is 5. The summed E-state index contributed by atoms with van der Waals surface area (Å²) in [7, 11) is 0. The third-order valence-corrected chi connectivity index (χ3v) is 4.30. The van der Waals surface area contributed by atoms with E-state index in [1.165, 1.54) is 24.6 Å². The van der Waals surface area contributed by atoms with E-state index in [-0.39, 0.29) is 12.6 Å². The minimum Gasteiger partial charge on any atom is -0.491 e. The molecule has 3 rings (SSSR count). The van der Waals surface area contributed by atoms with Crippen LogP contribution in [0.2, 0.25) is 0 Å². The van der Waals surface area contributed by atoms with Crippen molar-refractivity contribution in [1.29, 1.82) is 0 Å². The normalized spacial score (nSPS) is 17.8. The van der Waals surface area contributed by atoms with Gasteiger partial charge in [0.1, 0.15) is 12.4 Å². The zero-order valence-electron chi connectivity index (χ0n) is 12.4. The van der Waals surface area contributed by atoms with Crippen LogP contribution in [-0.4, -0.2) is 42.4 Å². The zero-order valence-corrected chi connectivity index (χ0v) is 12.4. The van der Waals surface area contributed by atoms with E-state index in [2.05, 4.69) is 23.1 Å². The van der Waals surface area contributed by atoms with E-state index in [0.29, 0.717) is 6.61 Å². The van der Waals surface area contributed by atoms with E-state index >= 15 is 0 Å². The van der Waals surface area contributed by atoms with Gasteiger partial charge in [0.25, 0.3) is 0 Å². The van der Waals surface area contributed by atoms with Gasteiger partial charge in [-0.25, -0.2) is 0 Å². The largest absolute Gasteiger partial charge is 0.491 e. The quantitative estimate of drug-likeness (QED) is 0.916. The number of benzene rings is 2. The predicted octanol–water partition coefficient (Wildman–Crippen LogP) is 3.07. The Balaban J connectivity index is 1.70. The lowest BCUT2D eigenvalue weighted by molar-refractivity contribution is 0.0691. The van der Waals surface area contributed by atoms with Crippen LogP contribution in [0.4, 0.5) is 0 Å². The maximum atomic E-state index is 9.65. The van der Waals surface area contributed by atoms with Crippen molar-refractivity contribution in [2.45, 2.75) is 25.3 Å². The first kappa shape index (κ1) is 14.4. The summed E-state index contributed by atoms with van der Waals surface area (Å²) in [6, 6.07) is 14.5. The Bertz CT molecular complexity index is 573. The number of hydrogen-bond acceptors (Lipinski definition) is 3. The number of piperidine rings is 1. The van der Waals surface area contributed by atoms with E-state index in [9.17, 15) is 5.11 Å². The predicted molar refractivity (Wildman–Crippen MR) is 85.7 cm³/mol. The monoisotopic (exact) mass is 285 g/mol. The van der Waals surface area contributed by atoms with Gasteiger partial charge in [-0.15, -0.1) is 0 Å². The van der Waals surface area contributed by atoms with Crippen molar-refractivity contribution in [3.8, 4) is 5.75 Å². The molecular formula is C18H23NO2. The van der Waals surface area contributed by atoms with Gasteiger partial charge in [0, 0.05) is 5.39 Å². The van der Waals surface area contributed by atoms with Gasteiger partial charge < -0.3 is 9.84 Å². The third kappa shape index (κ3) is 3.36. The summed E-state index contributed by atoms with van der Waals surface area (Å²) in [5.41, 5.74) is 0. The van der Waals surface area contributed by atoms with Gasteiger partial charge in [-0.2, -0.15) is 0 Å². The molecule has 112 valence electrons. The SMILES string of the molecule is OCC(COc1cccc2ccccc12)N1CCCCC1. The van der Waals surface area contributed by atoms with Crippen LogP contribution in [0.25, 0.3) is 10.8 Å². The lowest BCUT2D eigenvalue weighted by atomic mass is 10.1. The van der Waals surface area contributed by atoms with Gasteiger partial charge in [0.2, 0.25) is 0 Å². The number of aliphatic hydroxyl groups is 1. The second-order valence-electron chi connectivity index (χ2n) is 5.72. The molecule has 3 heteroatoms. The van der Waals surface area contributed by atoms with E-state index in [1.54, 1.807) is 0 Å². The molecule has 0 bridgehead atoms. The molecule has 0 radical (unpaired) electrons. The molecular weight excluding hydrogens is 262 g/mol. The number of hydrogen-bond donors (Lipinski definition) is 1. The fraction of sp³-hybridized carbons (Fsp3) is 0.444. The number of likely N-dealkylation sites (tertiary alicyclic amines) is 1. The molecule has 0 amide bonds. The highest BCUT2D eigenvalue weighted by molar-refractivity contribution is 5.88. The summed E-state index contributed by atoms with van der Waals surface area (Å²) >= 11 is 0. The van der Waals surface area contributed by atoms with Gasteiger partial charge in [-0.05, 0) is 37.4 Å². The summed E-state index contributed by atoms with van der Waals surface area (Å²) in [5.74, 6) is 0.906. The van der Waals surface area contributed by atoms with Crippen molar-refractivity contribution in [2.75, 3.05) is 26.3 Å². The Morgan fingerprint density at radius 1 is 1.00 bits per heavy atom. The first-order chi connectivity index (χ1) is 10.4. The van der Waals surface area contributed by atoms with Gasteiger partial charge in [0.15, 0.2) is 0 Å². The smallest absolute Gasteiger partial charge is 0.127 e. The molecule has 0 saturated carbocycles. The molecule has 1 N–H and O–H groups in total. The van der Waals surface area contributed by atoms with E-state index in [4.69, 9.17) is 4.74 Å². The zero-order chi connectivity index (χ0) is 14.5. The van der Waals surface area contributed by atoms with E-state index in [1.807, 2.05) is 24.3 Å². The molecule has 1 unspecified atom stereocenters. The van der Waals surface area contributed by atoms with E-state index < -0.39 is 0 Å². The van der Waals surface area contributed by atoms with Crippen molar-refractivity contribution >= 4 is 10.8 Å². The molecule has 0 spiro atoms. The Labute approximate surface area is 126 Å².